The molecule has 0 unspecified atom stereocenters. The quantitative estimate of drug-likeness (QED) is 0.334. The fraction of sp³-hybridized carbons (Fsp3) is 0.391. The summed E-state index contributed by atoms with van der Waals surface area (Å²) in [7, 11) is 8.40. The zero-order valence-electron chi connectivity index (χ0n) is 17.9. The topological polar surface area (TPSA) is 51.0 Å². The van der Waals surface area contributed by atoms with Crippen molar-refractivity contribution in [3.8, 4) is 0 Å². The summed E-state index contributed by atoms with van der Waals surface area (Å²) in [5, 5.41) is 0.833. The largest absolute Gasteiger partial charge is 0.456 e. The first-order valence-corrected chi connectivity index (χ1v) is 9.87. The molecule has 2 heterocycles. The lowest BCUT2D eigenvalue weighted by molar-refractivity contribution is -0.889. The van der Waals surface area contributed by atoms with Gasteiger partial charge in [-0.15, -0.1) is 0 Å². The first-order chi connectivity index (χ1) is 13.7. The molecule has 0 bridgehead atoms. The van der Waals surface area contributed by atoms with Crippen LogP contribution in [0.2, 0.25) is 0 Å². The highest BCUT2D eigenvalue weighted by molar-refractivity contribution is 6.12. The monoisotopic (exact) mass is 396 g/mol. The lowest BCUT2D eigenvalue weighted by Gasteiger charge is -2.30. The summed E-state index contributed by atoms with van der Waals surface area (Å²) in [4.78, 5) is 26.9. The number of likely N-dealkylation sites (N-methyl/N-ethyl adjacent to an activating group) is 2. The summed E-state index contributed by atoms with van der Waals surface area (Å²) in [6, 6.07) is 11.3. The number of para-hydroxylation sites is 1. The molecule has 0 spiro atoms. The van der Waals surface area contributed by atoms with Crippen LogP contribution in [-0.2, 0) is 4.74 Å². The van der Waals surface area contributed by atoms with Gasteiger partial charge in [-0.05, 0) is 39.2 Å². The average molecular weight is 397 g/mol. The van der Waals surface area contributed by atoms with E-state index in [0.29, 0.717) is 17.7 Å². The molecule has 0 aliphatic heterocycles. The molecule has 0 saturated carbocycles. The van der Waals surface area contributed by atoms with Crippen molar-refractivity contribution in [3.63, 3.8) is 0 Å². The highest BCUT2D eigenvalue weighted by atomic mass is 16.5. The van der Waals surface area contributed by atoms with Gasteiger partial charge in [-0.25, -0.2) is 4.79 Å². The Labute approximate surface area is 171 Å². The van der Waals surface area contributed by atoms with E-state index in [1.165, 1.54) is 0 Å². The van der Waals surface area contributed by atoms with Crippen molar-refractivity contribution in [2.24, 2.45) is 0 Å². The number of carbonyl (C=O) groups excluding carboxylic acids is 2. The number of fused-ring (bicyclic) bond motifs is 3. The van der Waals surface area contributed by atoms with Crippen molar-refractivity contribution >= 4 is 28.2 Å². The molecule has 2 aromatic heterocycles. The second-order valence-corrected chi connectivity index (χ2v) is 8.44. The summed E-state index contributed by atoms with van der Waals surface area (Å²) >= 11 is 0. The molecule has 154 valence electrons. The van der Waals surface area contributed by atoms with Gasteiger partial charge < -0.3 is 18.5 Å². The maximum absolute atomic E-state index is 13.0. The number of ether oxygens (including phenoxy) is 1. The number of benzene rings is 1. The maximum atomic E-state index is 13.0. The zero-order valence-corrected chi connectivity index (χ0v) is 17.9. The Hall–Kier alpha value is -2.70. The van der Waals surface area contributed by atoms with Crippen LogP contribution in [0.4, 0.5) is 0 Å². The number of pyridine rings is 1. The van der Waals surface area contributed by atoms with Gasteiger partial charge in [-0.2, -0.15) is 0 Å². The number of nitrogens with zero attached hydrogens (tertiary/aromatic N) is 3. The number of hydrogen-bond donors (Lipinski definition) is 0. The molecule has 0 aliphatic carbocycles. The molecule has 6 heteroatoms. The molecule has 0 amide bonds. The molecule has 3 rings (SSSR count). The lowest BCUT2D eigenvalue weighted by Crippen LogP contribution is -2.46. The molecule has 3 aromatic rings. The summed E-state index contributed by atoms with van der Waals surface area (Å²) < 4.78 is 8.36. The second-order valence-electron chi connectivity index (χ2n) is 8.44. The molecule has 0 aliphatic rings. The van der Waals surface area contributed by atoms with Crippen LogP contribution >= 0.6 is 0 Å². The molecule has 6 nitrogen and oxygen atoms in total. The van der Waals surface area contributed by atoms with E-state index in [4.69, 9.17) is 4.74 Å². The third-order valence-corrected chi connectivity index (χ3v) is 5.33. The van der Waals surface area contributed by atoms with Gasteiger partial charge in [0.15, 0.2) is 5.78 Å². The van der Waals surface area contributed by atoms with Crippen LogP contribution in [0.15, 0.2) is 42.6 Å². The molecule has 0 saturated heterocycles. The Balaban J connectivity index is 1.85. The highest BCUT2D eigenvalue weighted by Gasteiger charge is 2.22. The van der Waals surface area contributed by atoms with E-state index < -0.39 is 0 Å². The van der Waals surface area contributed by atoms with Gasteiger partial charge in [0.25, 0.3) is 0 Å². The third-order valence-electron chi connectivity index (χ3n) is 5.33. The van der Waals surface area contributed by atoms with Gasteiger partial charge in [0.1, 0.15) is 13.2 Å². The Morgan fingerprint density at radius 3 is 2.45 bits per heavy atom. The molecule has 0 fully saturated rings. The number of quaternary nitrogens is 1. The minimum absolute atomic E-state index is 0.00784. The summed E-state index contributed by atoms with van der Waals surface area (Å²) in [5.41, 5.74) is 2.80. The number of hydrogen-bond acceptors (Lipinski definition) is 4. The fourth-order valence-corrected chi connectivity index (χ4v) is 3.40. The molecule has 0 atom stereocenters. The van der Waals surface area contributed by atoms with Crippen molar-refractivity contribution in [3.05, 3.63) is 53.7 Å². The zero-order chi connectivity index (χ0) is 21.2. The van der Waals surface area contributed by atoms with Gasteiger partial charge in [0, 0.05) is 23.7 Å². The van der Waals surface area contributed by atoms with Crippen LogP contribution in [0.3, 0.4) is 0 Å². The first kappa shape index (κ1) is 21.0. The van der Waals surface area contributed by atoms with E-state index in [-0.39, 0.29) is 11.8 Å². The number of Topliss-reactive ketones (excluding diaryl/α,β-unsaturated/α-hetero) is 1. The Morgan fingerprint density at radius 1 is 1.03 bits per heavy atom. The smallest absolute Gasteiger partial charge is 0.341 e. The molecule has 29 heavy (non-hydrogen) atoms. The van der Waals surface area contributed by atoms with Gasteiger partial charge in [0.05, 0.1) is 37.2 Å². The van der Waals surface area contributed by atoms with E-state index in [9.17, 15) is 9.59 Å². The Bertz CT molecular complexity index is 1050. The number of rotatable bonds is 8. The van der Waals surface area contributed by atoms with E-state index in [2.05, 4.69) is 33.1 Å². The minimum Gasteiger partial charge on any atom is -0.456 e. The minimum atomic E-state index is -0.327. The fourth-order valence-electron chi connectivity index (χ4n) is 3.40. The summed E-state index contributed by atoms with van der Waals surface area (Å²) in [6.07, 6.45) is 1.79. The van der Waals surface area contributed by atoms with Crippen LogP contribution in [0, 0.1) is 0 Å². The Morgan fingerprint density at radius 2 is 1.76 bits per heavy atom. The third kappa shape index (κ3) is 4.66. The number of esters is 1. The number of carbonyl (C=O) groups is 2. The Kier molecular flexibility index (Phi) is 6.05. The van der Waals surface area contributed by atoms with Crippen molar-refractivity contribution in [1.82, 2.24) is 9.30 Å². The van der Waals surface area contributed by atoms with Crippen LogP contribution in [-0.4, -0.2) is 80.0 Å². The molecule has 1 aromatic carbocycles. The average Bonchev–Trinajstić information content (AvgIpc) is 3.00. The maximum Gasteiger partial charge on any atom is 0.341 e. The second kappa shape index (κ2) is 8.35. The predicted octanol–water partition coefficient (Wildman–Crippen LogP) is 3.09. The predicted molar refractivity (Wildman–Crippen MR) is 116 cm³/mol. The standard InChI is InChI=1S/C23H30N3O3/c1-17(27)18-10-11-21-22(19-8-6-7-9-20(19)25(21)16-18)23(28)29-15-14-26(4,5)13-12-24(2)3/h6-11,16H,12-15H2,1-5H3/q+1. The van der Waals surface area contributed by atoms with E-state index in [1.807, 2.05) is 34.7 Å². The van der Waals surface area contributed by atoms with Crippen molar-refractivity contribution in [2.75, 3.05) is 54.4 Å². The van der Waals surface area contributed by atoms with Gasteiger partial charge in [-0.3, -0.25) is 4.79 Å². The van der Waals surface area contributed by atoms with E-state index in [0.717, 1.165) is 40.5 Å². The molecule has 0 N–H and O–H groups in total. The van der Waals surface area contributed by atoms with Crippen LogP contribution in [0.1, 0.15) is 27.6 Å². The van der Waals surface area contributed by atoms with Crippen molar-refractivity contribution in [2.45, 2.75) is 6.92 Å². The normalized spacial score (nSPS) is 12.1. The van der Waals surface area contributed by atoms with Gasteiger partial charge in [0.2, 0.25) is 0 Å². The number of aromatic nitrogens is 1. The van der Waals surface area contributed by atoms with Crippen LogP contribution < -0.4 is 0 Å². The highest BCUT2D eigenvalue weighted by Crippen LogP contribution is 2.28. The summed E-state index contributed by atoms with van der Waals surface area (Å²) in [5.74, 6) is -0.335. The number of ketones is 1. The van der Waals surface area contributed by atoms with Crippen molar-refractivity contribution < 1.29 is 18.8 Å². The van der Waals surface area contributed by atoms with Crippen molar-refractivity contribution in [1.29, 1.82) is 0 Å². The van der Waals surface area contributed by atoms with Gasteiger partial charge in [-0.1, -0.05) is 18.2 Å². The van der Waals surface area contributed by atoms with E-state index in [1.54, 1.807) is 19.2 Å². The van der Waals surface area contributed by atoms with Crippen LogP contribution in [0.25, 0.3) is 16.4 Å². The lowest BCUT2D eigenvalue weighted by atomic mass is 10.1. The van der Waals surface area contributed by atoms with Gasteiger partial charge >= 0.3 is 5.97 Å². The molecule has 0 radical (unpaired) electrons. The van der Waals surface area contributed by atoms with Crippen LogP contribution in [0.5, 0.6) is 0 Å². The SMILES string of the molecule is CC(=O)c1ccc2c(C(=O)OCC[N+](C)(C)CCN(C)C)c3ccccc3n2c1. The van der Waals surface area contributed by atoms with E-state index >= 15 is 0 Å². The molecular formula is C23H30N3O3+. The molecular weight excluding hydrogens is 366 g/mol. The summed E-state index contributed by atoms with van der Waals surface area (Å²) in [6.45, 7) is 4.61. The first-order valence-electron chi connectivity index (χ1n) is 9.87.